The lowest BCUT2D eigenvalue weighted by Crippen LogP contribution is -2.14. The van der Waals surface area contributed by atoms with E-state index in [0.717, 1.165) is 5.57 Å². The fourth-order valence-electron chi connectivity index (χ4n) is 0.944. The zero-order valence-electron chi connectivity index (χ0n) is 7.22. The molecule has 0 radical (unpaired) electrons. The molecule has 1 rings (SSSR count). The van der Waals surface area contributed by atoms with Crippen LogP contribution in [-0.4, -0.2) is 12.1 Å². The van der Waals surface area contributed by atoms with E-state index in [2.05, 4.69) is 25.8 Å². The van der Waals surface area contributed by atoms with Crippen molar-refractivity contribution in [1.82, 2.24) is 0 Å². The Morgan fingerprint density at radius 3 is 2.45 bits per heavy atom. The monoisotopic (exact) mass is 151 g/mol. The van der Waals surface area contributed by atoms with Crippen molar-refractivity contribution in [2.45, 2.75) is 27.2 Å². The molecule has 60 valence electrons. The molecule has 11 heavy (non-hydrogen) atoms. The summed E-state index contributed by atoms with van der Waals surface area (Å²) in [7, 11) is 0. The van der Waals surface area contributed by atoms with Crippen LogP contribution in [0.25, 0.3) is 0 Å². The van der Waals surface area contributed by atoms with E-state index in [9.17, 15) is 4.79 Å². The third kappa shape index (κ3) is 2.00. The highest BCUT2D eigenvalue weighted by Crippen LogP contribution is 2.25. The number of allylic oxidation sites excluding steroid dienone is 1. The predicted octanol–water partition coefficient (Wildman–Crippen LogP) is 1.96. The number of carbonyl (C=O) groups is 1. The Balaban J connectivity index is 2.79. The van der Waals surface area contributed by atoms with Gasteiger partial charge in [-0.3, -0.25) is 4.79 Å². The molecule has 0 spiro atoms. The lowest BCUT2D eigenvalue weighted by Gasteiger charge is -2.20. The van der Waals surface area contributed by atoms with Gasteiger partial charge in [0.2, 0.25) is 5.91 Å². The molecule has 1 amide bonds. The molecule has 0 saturated carbocycles. The minimum absolute atomic E-state index is 0.0435. The van der Waals surface area contributed by atoms with Gasteiger partial charge in [-0.15, -0.1) is 0 Å². The van der Waals surface area contributed by atoms with Crippen LogP contribution in [0.2, 0.25) is 0 Å². The van der Waals surface area contributed by atoms with E-state index in [1.807, 2.05) is 6.08 Å². The van der Waals surface area contributed by atoms with Crippen LogP contribution in [-0.2, 0) is 4.79 Å². The Hall–Kier alpha value is -0.920. The molecule has 2 heteroatoms. The molecule has 1 aliphatic heterocycles. The largest absolute Gasteiger partial charge is 0.272 e. The fourth-order valence-corrected chi connectivity index (χ4v) is 0.944. The highest BCUT2D eigenvalue weighted by atomic mass is 16.1. The lowest BCUT2D eigenvalue weighted by atomic mass is 9.86. The van der Waals surface area contributed by atoms with Gasteiger partial charge in [0.15, 0.2) is 0 Å². The minimum atomic E-state index is -0.0435. The van der Waals surface area contributed by atoms with Crippen molar-refractivity contribution < 1.29 is 4.79 Å². The number of rotatable bonds is 0. The summed E-state index contributed by atoms with van der Waals surface area (Å²) in [5.41, 5.74) is 1.27. The van der Waals surface area contributed by atoms with Gasteiger partial charge in [-0.2, -0.15) is 0 Å². The molecular formula is C9H13NO. The summed E-state index contributed by atoms with van der Waals surface area (Å²) in [5, 5.41) is 0. The third-order valence-electron chi connectivity index (χ3n) is 1.71. The van der Waals surface area contributed by atoms with Crippen LogP contribution in [0.5, 0.6) is 0 Å². The maximum Gasteiger partial charge on any atom is 0.249 e. The Kier molecular flexibility index (Phi) is 1.94. The van der Waals surface area contributed by atoms with E-state index in [4.69, 9.17) is 0 Å². The van der Waals surface area contributed by atoms with Gasteiger partial charge in [0.25, 0.3) is 0 Å². The first-order chi connectivity index (χ1) is 5.00. The van der Waals surface area contributed by atoms with Crippen LogP contribution >= 0.6 is 0 Å². The van der Waals surface area contributed by atoms with Crippen LogP contribution in [0.1, 0.15) is 27.2 Å². The van der Waals surface area contributed by atoms with Crippen molar-refractivity contribution in [2.24, 2.45) is 10.4 Å². The Morgan fingerprint density at radius 1 is 1.45 bits per heavy atom. The summed E-state index contributed by atoms with van der Waals surface area (Å²) in [6.45, 7) is 6.34. The molecule has 0 aliphatic carbocycles. The van der Waals surface area contributed by atoms with Crippen LogP contribution in [0.4, 0.5) is 0 Å². The molecule has 1 aliphatic rings. The molecule has 0 saturated heterocycles. The summed E-state index contributed by atoms with van der Waals surface area (Å²) < 4.78 is 0. The van der Waals surface area contributed by atoms with Crippen LogP contribution in [0.15, 0.2) is 16.6 Å². The van der Waals surface area contributed by atoms with Crippen molar-refractivity contribution in [3.8, 4) is 0 Å². The quantitative estimate of drug-likeness (QED) is 0.520. The third-order valence-corrected chi connectivity index (χ3v) is 1.71. The van der Waals surface area contributed by atoms with Crippen LogP contribution in [0, 0.1) is 5.41 Å². The number of carbonyl (C=O) groups excluding carboxylic acids is 1. The van der Waals surface area contributed by atoms with Gasteiger partial charge in [0.05, 0.1) is 0 Å². The molecule has 0 N–H and O–H groups in total. The van der Waals surface area contributed by atoms with Gasteiger partial charge in [-0.05, 0) is 11.0 Å². The van der Waals surface area contributed by atoms with Gasteiger partial charge in [0, 0.05) is 12.6 Å². The van der Waals surface area contributed by atoms with Crippen molar-refractivity contribution in [2.75, 3.05) is 0 Å². The van der Waals surface area contributed by atoms with E-state index >= 15 is 0 Å². The number of dihydropyridines is 1. The summed E-state index contributed by atoms with van der Waals surface area (Å²) >= 11 is 0. The maximum absolute atomic E-state index is 10.7. The lowest BCUT2D eigenvalue weighted by molar-refractivity contribution is -0.117. The average Bonchev–Trinajstić information content (AvgIpc) is 1.86. The fraction of sp³-hybridized carbons (Fsp3) is 0.556. The zero-order valence-corrected chi connectivity index (χ0v) is 7.22. The summed E-state index contributed by atoms with van der Waals surface area (Å²) in [6.07, 6.45) is 4.09. The van der Waals surface area contributed by atoms with Gasteiger partial charge in [0.1, 0.15) is 0 Å². The first-order valence-corrected chi connectivity index (χ1v) is 3.78. The SMILES string of the molecule is CC(C)(C)C1=CCC(=O)N=C1. The number of aliphatic imine (C=N–C) groups is 1. The Morgan fingerprint density at radius 2 is 2.09 bits per heavy atom. The second-order valence-corrected chi connectivity index (χ2v) is 3.77. The normalized spacial score (nSPS) is 18.5. The molecular weight excluding hydrogens is 138 g/mol. The highest BCUT2D eigenvalue weighted by molar-refractivity contribution is 5.96. The summed E-state index contributed by atoms with van der Waals surface area (Å²) in [6, 6.07) is 0. The van der Waals surface area contributed by atoms with E-state index in [-0.39, 0.29) is 11.3 Å². The molecule has 0 aromatic rings. The Labute approximate surface area is 67.0 Å². The van der Waals surface area contributed by atoms with Crippen molar-refractivity contribution in [1.29, 1.82) is 0 Å². The Bertz CT molecular complexity index is 230. The van der Waals surface area contributed by atoms with Gasteiger partial charge < -0.3 is 0 Å². The van der Waals surface area contributed by atoms with E-state index < -0.39 is 0 Å². The number of hydrogen-bond acceptors (Lipinski definition) is 1. The first-order valence-electron chi connectivity index (χ1n) is 3.78. The molecule has 2 nitrogen and oxygen atoms in total. The molecule has 1 heterocycles. The zero-order chi connectivity index (χ0) is 8.48. The van der Waals surface area contributed by atoms with Crippen LogP contribution < -0.4 is 0 Å². The first kappa shape index (κ1) is 8.18. The predicted molar refractivity (Wildman–Crippen MR) is 45.7 cm³/mol. The number of amides is 1. The molecule has 0 fully saturated rings. The molecule has 0 unspecified atom stereocenters. The highest BCUT2D eigenvalue weighted by Gasteiger charge is 2.17. The summed E-state index contributed by atoms with van der Waals surface area (Å²) in [5.74, 6) is -0.0435. The van der Waals surface area contributed by atoms with Gasteiger partial charge in [-0.1, -0.05) is 26.8 Å². The van der Waals surface area contributed by atoms with E-state index in [1.54, 1.807) is 6.21 Å². The van der Waals surface area contributed by atoms with Gasteiger partial charge >= 0.3 is 0 Å². The number of hydrogen-bond donors (Lipinski definition) is 0. The molecule has 0 aromatic heterocycles. The van der Waals surface area contributed by atoms with Crippen LogP contribution in [0.3, 0.4) is 0 Å². The smallest absolute Gasteiger partial charge is 0.249 e. The van der Waals surface area contributed by atoms with Crippen molar-refractivity contribution >= 4 is 12.1 Å². The minimum Gasteiger partial charge on any atom is -0.272 e. The van der Waals surface area contributed by atoms with E-state index in [1.165, 1.54) is 0 Å². The molecule has 0 bridgehead atoms. The standard InChI is InChI=1S/C9H13NO/c1-9(2,3)7-4-5-8(11)10-6-7/h4,6H,5H2,1-3H3. The number of nitrogens with zero attached hydrogens (tertiary/aromatic N) is 1. The van der Waals surface area contributed by atoms with Crippen molar-refractivity contribution in [3.63, 3.8) is 0 Å². The average molecular weight is 151 g/mol. The second-order valence-electron chi connectivity index (χ2n) is 3.77. The second kappa shape index (κ2) is 2.61. The topological polar surface area (TPSA) is 29.4 Å². The maximum atomic E-state index is 10.7. The van der Waals surface area contributed by atoms with Crippen molar-refractivity contribution in [3.05, 3.63) is 11.6 Å². The molecule has 0 atom stereocenters. The van der Waals surface area contributed by atoms with E-state index in [0.29, 0.717) is 6.42 Å². The van der Waals surface area contributed by atoms with Gasteiger partial charge in [-0.25, -0.2) is 4.99 Å². The molecule has 0 aromatic carbocycles. The summed E-state index contributed by atoms with van der Waals surface area (Å²) in [4.78, 5) is 14.4.